The van der Waals surface area contributed by atoms with Crippen LogP contribution in [0.5, 0.6) is 11.5 Å². The first-order valence-corrected chi connectivity index (χ1v) is 14.0. The van der Waals surface area contributed by atoms with Crippen molar-refractivity contribution in [1.82, 2.24) is 10.2 Å². The second-order valence-electron chi connectivity index (χ2n) is 8.70. The number of hydrogen-bond donors (Lipinski definition) is 3. The lowest BCUT2D eigenvalue weighted by Gasteiger charge is -2.30. The van der Waals surface area contributed by atoms with Crippen molar-refractivity contribution in [1.29, 1.82) is 0 Å². The van der Waals surface area contributed by atoms with Gasteiger partial charge in [-0.1, -0.05) is 35.3 Å². The van der Waals surface area contributed by atoms with Crippen molar-refractivity contribution in [3.05, 3.63) is 82.3 Å². The molecular formula is C26H26Cl2N4O5S. The molecule has 3 aromatic rings. The summed E-state index contributed by atoms with van der Waals surface area (Å²) in [5.41, 5.74) is 6.27. The van der Waals surface area contributed by atoms with E-state index < -0.39 is 15.9 Å². The number of piperidine rings is 1. The third-order valence-corrected chi connectivity index (χ3v) is 7.88. The molecule has 0 radical (unpaired) electrons. The van der Waals surface area contributed by atoms with Crippen LogP contribution in [0.15, 0.2) is 71.6 Å². The molecular weight excluding hydrogens is 551 g/mol. The van der Waals surface area contributed by atoms with Crippen molar-refractivity contribution in [3.63, 3.8) is 0 Å². The van der Waals surface area contributed by atoms with Gasteiger partial charge in [0.1, 0.15) is 5.75 Å². The molecule has 0 unspecified atom stereocenters. The highest BCUT2D eigenvalue weighted by Crippen LogP contribution is 2.35. The number of nitrogens with two attached hydrogens (primary N) is 1. The number of para-hydroxylation sites is 2. The number of rotatable bonds is 8. The quantitative estimate of drug-likeness (QED) is 0.367. The molecule has 1 fully saturated rings. The van der Waals surface area contributed by atoms with Gasteiger partial charge in [0.25, 0.3) is 15.9 Å². The summed E-state index contributed by atoms with van der Waals surface area (Å²) in [6, 6.07) is 16.7. The fourth-order valence-corrected chi connectivity index (χ4v) is 5.34. The van der Waals surface area contributed by atoms with Gasteiger partial charge in [0, 0.05) is 29.7 Å². The van der Waals surface area contributed by atoms with E-state index in [0.29, 0.717) is 23.9 Å². The summed E-state index contributed by atoms with van der Waals surface area (Å²) in [6.07, 6.45) is 1.46. The Morgan fingerprint density at radius 3 is 2.34 bits per heavy atom. The Labute approximate surface area is 230 Å². The van der Waals surface area contributed by atoms with Crippen molar-refractivity contribution < 1.29 is 22.7 Å². The average molecular weight is 577 g/mol. The number of hydrogen-bond acceptors (Lipinski definition) is 6. The van der Waals surface area contributed by atoms with Gasteiger partial charge in [-0.15, -0.1) is 0 Å². The number of likely N-dealkylation sites (tertiary alicyclic amines) is 1. The van der Waals surface area contributed by atoms with Crippen LogP contribution in [0.1, 0.15) is 23.2 Å². The van der Waals surface area contributed by atoms with Crippen molar-refractivity contribution in [3.8, 4) is 11.5 Å². The number of carbonyl (C=O) groups is 2. The summed E-state index contributed by atoms with van der Waals surface area (Å²) >= 11 is 12.1. The molecule has 4 rings (SSSR count). The lowest BCUT2D eigenvalue weighted by molar-refractivity contribution is -0.131. The van der Waals surface area contributed by atoms with E-state index in [1.54, 1.807) is 41.3 Å². The number of ether oxygens (including phenoxy) is 1. The van der Waals surface area contributed by atoms with Gasteiger partial charge >= 0.3 is 0 Å². The number of anilines is 1. The van der Waals surface area contributed by atoms with Gasteiger partial charge in [-0.25, -0.2) is 8.42 Å². The van der Waals surface area contributed by atoms with Crippen LogP contribution in [0.4, 0.5) is 5.69 Å². The summed E-state index contributed by atoms with van der Waals surface area (Å²) in [5.74, 6) is -0.131. The van der Waals surface area contributed by atoms with Crippen molar-refractivity contribution in [2.45, 2.75) is 23.8 Å². The molecule has 0 bridgehead atoms. The number of benzene rings is 3. The van der Waals surface area contributed by atoms with E-state index in [1.807, 2.05) is 0 Å². The lowest BCUT2D eigenvalue weighted by atomic mass is 10.1. The molecule has 0 atom stereocenters. The van der Waals surface area contributed by atoms with Gasteiger partial charge in [0.15, 0.2) is 5.75 Å². The molecule has 3 aromatic carbocycles. The largest absolute Gasteiger partial charge is 0.454 e. The third kappa shape index (κ3) is 6.96. The van der Waals surface area contributed by atoms with Gasteiger partial charge in [-0.3, -0.25) is 14.3 Å². The van der Waals surface area contributed by atoms with E-state index in [1.165, 1.54) is 30.3 Å². The Hall–Kier alpha value is -3.31. The number of amides is 2. The molecule has 9 nitrogen and oxygen atoms in total. The van der Waals surface area contributed by atoms with Crippen LogP contribution in [0.3, 0.4) is 0 Å². The summed E-state index contributed by atoms with van der Waals surface area (Å²) < 4.78 is 34.4. The zero-order valence-electron chi connectivity index (χ0n) is 20.2. The molecule has 0 spiro atoms. The third-order valence-electron chi connectivity index (χ3n) is 5.96. The van der Waals surface area contributed by atoms with Gasteiger partial charge in [0.05, 0.1) is 22.2 Å². The first-order chi connectivity index (χ1) is 18.1. The number of nitrogens with one attached hydrogen (secondary N) is 2. The Morgan fingerprint density at radius 2 is 1.66 bits per heavy atom. The highest BCUT2D eigenvalue weighted by Gasteiger charge is 2.22. The molecule has 4 N–H and O–H groups in total. The predicted molar refractivity (Wildman–Crippen MR) is 146 cm³/mol. The monoisotopic (exact) mass is 576 g/mol. The molecule has 38 heavy (non-hydrogen) atoms. The number of halogens is 2. The lowest BCUT2D eigenvalue weighted by Crippen LogP contribution is -2.46. The van der Waals surface area contributed by atoms with Gasteiger partial charge in [-0.2, -0.15) is 0 Å². The van der Waals surface area contributed by atoms with Gasteiger partial charge in [0.2, 0.25) is 5.91 Å². The summed E-state index contributed by atoms with van der Waals surface area (Å²) in [7, 11) is -4.02. The number of nitrogens with zero attached hydrogens (tertiary/aromatic N) is 1. The molecule has 200 valence electrons. The van der Waals surface area contributed by atoms with E-state index in [2.05, 4.69) is 10.0 Å². The normalized spacial score (nSPS) is 14.1. The maximum Gasteiger partial charge on any atom is 0.262 e. The van der Waals surface area contributed by atoms with E-state index >= 15 is 0 Å². The number of carbonyl (C=O) groups excluding carboxylic acids is 2. The molecule has 2 amide bonds. The van der Waals surface area contributed by atoms with Crippen molar-refractivity contribution in [2.75, 3.05) is 24.4 Å². The first-order valence-electron chi connectivity index (χ1n) is 11.8. The van der Waals surface area contributed by atoms with Crippen LogP contribution < -0.4 is 20.5 Å². The molecule has 1 aliphatic heterocycles. The molecule has 0 saturated carbocycles. The van der Waals surface area contributed by atoms with Crippen LogP contribution in [0.2, 0.25) is 10.0 Å². The molecule has 0 aliphatic carbocycles. The van der Waals surface area contributed by atoms with Gasteiger partial charge < -0.3 is 20.7 Å². The molecule has 1 aliphatic rings. The molecule has 1 saturated heterocycles. The maximum atomic E-state index is 13.0. The second-order valence-corrected chi connectivity index (χ2v) is 11.2. The highest BCUT2D eigenvalue weighted by molar-refractivity contribution is 7.92. The maximum absolute atomic E-state index is 13.0. The second kappa shape index (κ2) is 12.0. The Morgan fingerprint density at radius 1 is 0.974 bits per heavy atom. The van der Waals surface area contributed by atoms with Crippen LogP contribution in [0, 0.1) is 0 Å². The highest BCUT2D eigenvalue weighted by atomic mass is 35.5. The molecule has 12 heteroatoms. The van der Waals surface area contributed by atoms with E-state index in [9.17, 15) is 18.0 Å². The molecule has 1 heterocycles. The van der Waals surface area contributed by atoms with Crippen LogP contribution in [0.25, 0.3) is 0 Å². The Kier molecular flexibility index (Phi) is 8.78. The van der Waals surface area contributed by atoms with Crippen molar-refractivity contribution in [2.24, 2.45) is 5.73 Å². The minimum Gasteiger partial charge on any atom is -0.454 e. The number of sulfonamides is 1. The Balaban J connectivity index is 1.40. The zero-order chi connectivity index (χ0) is 27.3. The van der Waals surface area contributed by atoms with Crippen LogP contribution >= 0.6 is 23.2 Å². The fourth-order valence-electron chi connectivity index (χ4n) is 3.82. The van der Waals surface area contributed by atoms with Crippen LogP contribution in [-0.2, 0) is 14.8 Å². The average Bonchev–Trinajstić information content (AvgIpc) is 2.90. The molecule has 0 aromatic heterocycles. The van der Waals surface area contributed by atoms with Crippen molar-refractivity contribution >= 4 is 50.7 Å². The SMILES string of the molecule is NC1CCN(C(=O)CNC(=O)c2ccc(S(=O)(=O)Nc3ccccc3Oc3ccc(Cl)cc3Cl)cc2)CC1. The smallest absolute Gasteiger partial charge is 0.262 e. The van der Waals surface area contributed by atoms with Crippen LogP contribution in [-0.4, -0.2) is 50.8 Å². The summed E-state index contributed by atoms with van der Waals surface area (Å²) in [4.78, 5) is 26.4. The fraction of sp³-hybridized carbons (Fsp3) is 0.231. The standard InChI is InChI=1S/C26H26Cl2N4O5S/c27-18-7-10-23(21(28)15-18)37-24-4-2-1-3-22(24)31-38(35,36)20-8-5-17(6-9-20)26(34)30-16-25(33)32-13-11-19(29)12-14-32/h1-10,15,19,31H,11-14,16,29H2,(H,30,34). The topological polar surface area (TPSA) is 131 Å². The summed E-state index contributed by atoms with van der Waals surface area (Å²) in [5, 5.41) is 3.29. The minimum atomic E-state index is -4.02. The van der Waals surface area contributed by atoms with E-state index in [-0.39, 0.29) is 45.4 Å². The predicted octanol–water partition coefficient (Wildman–Crippen LogP) is 4.27. The van der Waals surface area contributed by atoms with E-state index in [0.717, 1.165) is 12.8 Å². The first kappa shape index (κ1) is 27.7. The Bertz CT molecular complexity index is 1430. The van der Waals surface area contributed by atoms with Gasteiger partial charge in [-0.05, 0) is 67.4 Å². The minimum absolute atomic E-state index is 0.0610. The summed E-state index contributed by atoms with van der Waals surface area (Å²) in [6.45, 7) is 0.983. The zero-order valence-corrected chi connectivity index (χ0v) is 22.5. The van der Waals surface area contributed by atoms with E-state index in [4.69, 9.17) is 33.7 Å².